The molecule has 0 heterocycles. The van der Waals surface area contributed by atoms with Crippen molar-refractivity contribution < 1.29 is 9.53 Å². The Kier molecular flexibility index (Phi) is 6.26. The standard InChI is InChI=1S/C24H25NO2/c1-18(2)21-13-7-9-15-23(21)27-17-24(26)25-22-14-8-6-12-20(22)16-19-10-4-3-5-11-19/h3-15,18H,16-17H2,1-2H3,(H,25,26). The zero-order chi connectivity index (χ0) is 19.1. The van der Waals surface area contributed by atoms with E-state index in [0.29, 0.717) is 5.92 Å². The first kappa shape index (κ1) is 18.7. The molecule has 0 bridgehead atoms. The number of benzene rings is 3. The molecule has 1 N–H and O–H groups in total. The van der Waals surface area contributed by atoms with Crippen molar-refractivity contribution in [2.75, 3.05) is 11.9 Å². The summed E-state index contributed by atoms with van der Waals surface area (Å²) in [5, 5.41) is 2.99. The molecule has 0 saturated heterocycles. The van der Waals surface area contributed by atoms with Gasteiger partial charge in [-0.15, -0.1) is 0 Å². The summed E-state index contributed by atoms with van der Waals surface area (Å²) in [5.41, 5.74) is 4.22. The highest BCUT2D eigenvalue weighted by Gasteiger charge is 2.11. The van der Waals surface area contributed by atoms with E-state index < -0.39 is 0 Å². The summed E-state index contributed by atoms with van der Waals surface area (Å²) in [6.45, 7) is 4.22. The van der Waals surface area contributed by atoms with Gasteiger partial charge in [0.05, 0.1) is 0 Å². The molecule has 3 aromatic carbocycles. The molecule has 3 aromatic rings. The van der Waals surface area contributed by atoms with Crippen molar-refractivity contribution in [2.24, 2.45) is 0 Å². The SMILES string of the molecule is CC(C)c1ccccc1OCC(=O)Nc1ccccc1Cc1ccccc1. The van der Waals surface area contributed by atoms with E-state index in [1.165, 1.54) is 5.56 Å². The fourth-order valence-corrected chi connectivity index (χ4v) is 3.03. The van der Waals surface area contributed by atoms with E-state index in [9.17, 15) is 4.79 Å². The van der Waals surface area contributed by atoms with Crippen LogP contribution in [0.15, 0.2) is 78.9 Å². The van der Waals surface area contributed by atoms with Crippen LogP contribution in [0, 0.1) is 0 Å². The Morgan fingerprint density at radius 2 is 1.56 bits per heavy atom. The van der Waals surface area contributed by atoms with Crippen LogP contribution in [0.3, 0.4) is 0 Å². The molecule has 0 aromatic heterocycles. The van der Waals surface area contributed by atoms with E-state index >= 15 is 0 Å². The van der Waals surface area contributed by atoms with E-state index in [2.05, 4.69) is 31.3 Å². The van der Waals surface area contributed by atoms with Gasteiger partial charge in [-0.2, -0.15) is 0 Å². The fraction of sp³-hybridized carbons (Fsp3) is 0.208. The topological polar surface area (TPSA) is 38.3 Å². The van der Waals surface area contributed by atoms with Crippen LogP contribution in [0.4, 0.5) is 5.69 Å². The maximum Gasteiger partial charge on any atom is 0.262 e. The van der Waals surface area contributed by atoms with Crippen LogP contribution in [0.1, 0.15) is 36.5 Å². The third-order valence-electron chi connectivity index (χ3n) is 4.43. The van der Waals surface area contributed by atoms with Gasteiger partial charge in [0.15, 0.2) is 6.61 Å². The van der Waals surface area contributed by atoms with Gasteiger partial charge in [-0.05, 0) is 41.2 Å². The minimum Gasteiger partial charge on any atom is -0.483 e. The molecule has 0 aliphatic heterocycles. The molecule has 1 amide bonds. The van der Waals surface area contributed by atoms with Crippen molar-refractivity contribution >= 4 is 11.6 Å². The Morgan fingerprint density at radius 3 is 2.33 bits per heavy atom. The number of hydrogen-bond acceptors (Lipinski definition) is 2. The summed E-state index contributed by atoms with van der Waals surface area (Å²) in [4.78, 5) is 12.4. The summed E-state index contributed by atoms with van der Waals surface area (Å²) in [6.07, 6.45) is 0.772. The molecule has 3 rings (SSSR count). The van der Waals surface area contributed by atoms with E-state index in [0.717, 1.165) is 29.0 Å². The number of hydrogen-bond donors (Lipinski definition) is 1. The van der Waals surface area contributed by atoms with Crippen molar-refractivity contribution in [1.82, 2.24) is 0 Å². The Balaban J connectivity index is 1.65. The number of amides is 1. The number of rotatable bonds is 7. The zero-order valence-electron chi connectivity index (χ0n) is 15.8. The number of carbonyl (C=O) groups excluding carboxylic acids is 1. The molecule has 0 atom stereocenters. The maximum atomic E-state index is 12.4. The smallest absolute Gasteiger partial charge is 0.262 e. The lowest BCUT2D eigenvalue weighted by Crippen LogP contribution is -2.21. The molecule has 0 unspecified atom stereocenters. The summed E-state index contributed by atoms with van der Waals surface area (Å²) in [7, 11) is 0. The molecule has 0 radical (unpaired) electrons. The molecule has 3 heteroatoms. The largest absolute Gasteiger partial charge is 0.483 e. The van der Waals surface area contributed by atoms with Crippen LogP contribution < -0.4 is 10.1 Å². The number of carbonyl (C=O) groups is 1. The van der Waals surface area contributed by atoms with Gasteiger partial charge in [0.25, 0.3) is 5.91 Å². The zero-order valence-corrected chi connectivity index (χ0v) is 15.8. The van der Waals surface area contributed by atoms with Crippen LogP contribution in [-0.2, 0) is 11.2 Å². The predicted molar refractivity (Wildman–Crippen MR) is 110 cm³/mol. The van der Waals surface area contributed by atoms with Gasteiger partial charge in [-0.25, -0.2) is 0 Å². The van der Waals surface area contributed by atoms with Gasteiger partial charge in [0, 0.05) is 5.69 Å². The van der Waals surface area contributed by atoms with Gasteiger partial charge >= 0.3 is 0 Å². The van der Waals surface area contributed by atoms with Crippen LogP contribution in [-0.4, -0.2) is 12.5 Å². The highest BCUT2D eigenvalue weighted by molar-refractivity contribution is 5.92. The maximum absolute atomic E-state index is 12.4. The monoisotopic (exact) mass is 359 g/mol. The van der Waals surface area contributed by atoms with E-state index in [1.54, 1.807) is 0 Å². The lowest BCUT2D eigenvalue weighted by atomic mass is 10.0. The van der Waals surface area contributed by atoms with Gasteiger partial charge in [-0.3, -0.25) is 4.79 Å². The highest BCUT2D eigenvalue weighted by Crippen LogP contribution is 2.26. The first-order valence-electron chi connectivity index (χ1n) is 9.27. The Hall–Kier alpha value is -3.07. The van der Waals surface area contributed by atoms with Gasteiger partial charge in [0.1, 0.15) is 5.75 Å². The Labute approximate surface area is 161 Å². The molecule has 0 fully saturated rings. The average Bonchev–Trinajstić information content (AvgIpc) is 2.69. The molecule has 0 aliphatic carbocycles. The second kappa shape index (κ2) is 9.04. The van der Waals surface area contributed by atoms with Gasteiger partial charge in [0.2, 0.25) is 0 Å². The Morgan fingerprint density at radius 1 is 0.889 bits per heavy atom. The Bertz CT molecular complexity index is 888. The van der Waals surface area contributed by atoms with Crippen LogP contribution in [0.2, 0.25) is 0 Å². The molecule has 0 saturated carbocycles. The first-order valence-corrected chi connectivity index (χ1v) is 9.27. The van der Waals surface area contributed by atoms with Crippen molar-refractivity contribution in [3.63, 3.8) is 0 Å². The minimum atomic E-state index is -0.158. The average molecular weight is 359 g/mol. The normalized spacial score (nSPS) is 10.6. The number of nitrogens with one attached hydrogen (secondary N) is 1. The summed E-state index contributed by atoms with van der Waals surface area (Å²) in [5.74, 6) is 0.949. The quantitative estimate of drug-likeness (QED) is 0.612. The predicted octanol–water partition coefficient (Wildman–Crippen LogP) is 5.42. The molecule has 3 nitrogen and oxygen atoms in total. The highest BCUT2D eigenvalue weighted by atomic mass is 16.5. The van der Waals surface area contributed by atoms with Crippen molar-refractivity contribution in [3.05, 3.63) is 95.6 Å². The summed E-state index contributed by atoms with van der Waals surface area (Å²) in [6, 6.07) is 26.0. The third-order valence-corrected chi connectivity index (χ3v) is 4.43. The lowest BCUT2D eigenvalue weighted by molar-refractivity contribution is -0.118. The molecular weight excluding hydrogens is 334 g/mol. The van der Waals surface area contributed by atoms with Gasteiger partial charge in [-0.1, -0.05) is 80.6 Å². The number of para-hydroxylation sites is 2. The van der Waals surface area contributed by atoms with Crippen molar-refractivity contribution in [3.8, 4) is 5.75 Å². The second-order valence-electron chi connectivity index (χ2n) is 6.85. The minimum absolute atomic E-state index is 0.0105. The molecule has 27 heavy (non-hydrogen) atoms. The number of ether oxygens (including phenoxy) is 1. The second-order valence-corrected chi connectivity index (χ2v) is 6.85. The summed E-state index contributed by atoms with van der Waals surface area (Å²) < 4.78 is 5.78. The lowest BCUT2D eigenvalue weighted by Gasteiger charge is -2.15. The van der Waals surface area contributed by atoms with E-state index in [4.69, 9.17) is 4.74 Å². The third kappa shape index (κ3) is 5.20. The first-order chi connectivity index (χ1) is 13.1. The number of anilines is 1. The van der Waals surface area contributed by atoms with Crippen molar-refractivity contribution in [2.45, 2.75) is 26.2 Å². The van der Waals surface area contributed by atoms with E-state index in [-0.39, 0.29) is 12.5 Å². The van der Waals surface area contributed by atoms with Crippen molar-refractivity contribution in [1.29, 1.82) is 0 Å². The summed E-state index contributed by atoms with van der Waals surface area (Å²) >= 11 is 0. The molecular formula is C24H25NO2. The molecule has 0 aliphatic rings. The van der Waals surface area contributed by atoms with Crippen LogP contribution in [0.5, 0.6) is 5.75 Å². The fourth-order valence-electron chi connectivity index (χ4n) is 3.03. The molecule has 0 spiro atoms. The molecule has 138 valence electrons. The van der Waals surface area contributed by atoms with Crippen LogP contribution >= 0.6 is 0 Å². The van der Waals surface area contributed by atoms with Crippen LogP contribution in [0.25, 0.3) is 0 Å². The van der Waals surface area contributed by atoms with E-state index in [1.807, 2.05) is 66.7 Å². The van der Waals surface area contributed by atoms with Gasteiger partial charge < -0.3 is 10.1 Å².